The zero-order chi connectivity index (χ0) is 16.7. The van der Waals surface area contributed by atoms with E-state index in [0.717, 1.165) is 11.1 Å². The Labute approximate surface area is 135 Å². The number of likely N-dealkylation sites (tertiary alicyclic amines) is 1. The predicted molar refractivity (Wildman–Crippen MR) is 86.3 cm³/mol. The van der Waals surface area contributed by atoms with Crippen molar-refractivity contribution >= 4 is 5.91 Å². The van der Waals surface area contributed by atoms with Crippen LogP contribution in [0.15, 0.2) is 54.6 Å². The van der Waals surface area contributed by atoms with Gasteiger partial charge in [0.25, 0.3) is 0 Å². The number of halogens is 1. The zero-order valence-corrected chi connectivity index (χ0v) is 13.3. The van der Waals surface area contributed by atoms with Crippen molar-refractivity contribution in [3.8, 4) is 0 Å². The van der Waals surface area contributed by atoms with E-state index in [4.69, 9.17) is 0 Å². The Kier molecular flexibility index (Phi) is 3.72. The second kappa shape index (κ2) is 5.46. The van der Waals surface area contributed by atoms with Crippen molar-refractivity contribution < 1.29 is 14.3 Å². The summed E-state index contributed by atoms with van der Waals surface area (Å²) in [6.07, 6.45) is 0. The van der Waals surface area contributed by atoms with Crippen LogP contribution in [-0.2, 0) is 15.8 Å². The van der Waals surface area contributed by atoms with E-state index in [9.17, 15) is 14.3 Å². The fraction of sp³-hybridized carbons (Fsp3) is 0.316. The quantitative estimate of drug-likeness (QED) is 0.946. The first-order valence-electron chi connectivity index (χ1n) is 7.66. The first-order chi connectivity index (χ1) is 10.8. The third-order valence-electron chi connectivity index (χ3n) is 4.60. The third kappa shape index (κ3) is 2.75. The summed E-state index contributed by atoms with van der Waals surface area (Å²) in [5.74, 6) is -0.385. The van der Waals surface area contributed by atoms with Gasteiger partial charge in [-0.1, -0.05) is 42.5 Å². The minimum absolute atomic E-state index is 0.0651. The molecule has 2 aromatic carbocycles. The predicted octanol–water partition coefficient (Wildman–Crippen LogP) is 2.83. The lowest BCUT2D eigenvalue weighted by Crippen LogP contribution is -2.64. The average Bonchev–Trinajstić information content (AvgIpc) is 2.52. The first kappa shape index (κ1) is 15.7. The van der Waals surface area contributed by atoms with Gasteiger partial charge in [-0.2, -0.15) is 0 Å². The highest BCUT2D eigenvalue weighted by molar-refractivity contribution is 5.88. The molecule has 0 bridgehead atoms. The van der Waals surface area contributed by atoms with Crippen molar-refractivity contribution in [1.82, 2.24) is 4.90 Å². The first-order valence-corrected chi connectivity index (χ1v) is 7.66. The van der Waals surface area contributed by atoms with E-state index in [1.165, 1.54) is 12.1 Å². The molecule has 1 amide bonds. The van der Waals surface area contributed by atoms with Crippen LogP contribution in [0.4, 0.5) is 4.39 Å². The Morgan fingerprint density at radius 3 is 2.22 bits per heavy atom. The summed E-state index contributed by atoms with van der Waals surface area (Å²) < 4.78 is 13.1. The number of carbonyl (C=O) groups excluding carboxylic acids is 1. The van der Waals surface area contributed by atoms with Crippen molar-refractivity contribution in [3.05, 3.63) is 71.5 Å². The molecule has 1 heterocycles. The molecule has 0 aromatic heterocycles. The van der Waals surface area contributed by atoms with E-state index in [0.29, 0.717) is 0 Å². The van der Waals surface area contributed by atoms with E-state index >= 15 is 0 Å². The Morgan fingerprint density at radius 1 is 1.09 bits per heavy atom. The van der Waals surface area contributed by atoms with Crippen LogP contribution >= 0.6 is 0 Å². The number of rotatable bonds is 3. The van der Waals surface area contributed by atoms with Crippen molar-refractivity contribution in [3.63, 3.8) is 0 Å². The number of amides is 1. The molecule has 1 aliphatic heterocycles. The van der Waals surface area contributed by atoms with Gasteiger partial charge in [0.15, 0.2) is 0 Å². The molecule has 120 valence electrons. The summed E-state index contributed by atoms with van der Waals surface area (Å²) in [6, 6.07) is 15.4. The fourth-order valence-electron chi connectivity index (χ4n) is 3.05. The molecule has 4 heteroatoms. The van der Waals surface area contributed by atoms with Crippen molar-refractivity contribution in [2.75, 3.05) is 13.1 Å². The molecular weight excluding hydrogens is 293 g/mol. The summed E-state index contributed by atoms with van der Waals surface area (Å²) in [6.45, 7) is 4.20. The number of nitrogens with zero attached hydrogens (tertiary/aromatic N) is 1. The lowest BCUT2D eigenvalue weighted by atomic mass is 9.79. The minimum atomic E-state index is -0.976. The van der Waals surface area contributed by atoms with Crippen LogP contribution in [0.3, 0.4) is 0 Å². The van der Waals surface area contributed by atoms with Crippen LogP contribution in [0.2, 0.25) is 0 Å². The van der Waals surface area contributed by atoms with E-state index in [2.05, 4.69) is 0 Å². The molecule has 0 spiro atoms. The standard InChI is InChI=1S/C19H20FNO2/c1-18(2,14-8-10-16(20)11-9-14)17(22)21-12-19(23,13-21)15-6-4-3-5-7-15/h3-11,23H,12-13H2,1-2H3. The van der Waals surface area contributed by atoms with Gasteiger partial charge in [0.05, 0.1) is 18.5 Å². The molecule has 0 saturated carbocycles. The SMILES string of the molecule is CC(C)(C(=O)N1CC(O)(c2ccccc2)C1)c1ccc(F)cc1. The maximum Gasteiger partial charge on any atom is 0.232 e. The number of hydrogen-bond donors (Lipinski definition) is 1. The molecule has 1 aliphatic rings. The summed E-state index contributed by atoms with van der Waals surface area (Å²) in [4.78, 5) is 14.4. The molecule has 1 fully saturated rings. The number of aliphatic hydroxyl groups is 1. The molecular formula is C19H20FNO2. The van der Waals surface area contributed by atoms with Crippen molar-refractivity contribution in [1.29, 1.82) is 0 Å². The Hall–Kier alpha value is -2.20. The molecule has 0 unspecified atom stereocenters. The summed E-state index contributed by atoms with van der Waals surface area (Å²) in [5.41, 5.74) is -0.149. The Bertz CT molecular complexity index is 704. The van der Waals surface area contributed by atoms with E-state index in [1.807, 2.05) is 44.2 Å². The Morgan fingerprint density at radius 2 is 1.65 bits per heavy atom. The number of β-amino-alcohol motifs (C(OH)–C–C–N with tert-alkyl or cyclic N) is 1. The van der Waals surface area contributed by atoms with Crippen molar-refractivity contribution in [2.45, 2.75) is 24.9 Å². The average molecular weight is 313 g/mol. The molecule has 2 aromatic rings. The molecule has 0 aliphatic carbocycles. The van der Waals surface area contributed by atoms with E-state index < -0.39 is 11.0 Å². The van der Waals surface area contributed by atoms with Crippen LogP contribution in [0.25, 0.3) is 0 Å². The number of hydrogen-bond acceptors (Lipinski definition) is 2. The summed E-state index contributed by atoms with van der Waals surface area (Å²) in [5, 5.41) is 10.6. The van der Waals surface area contributed by atoms with Gasteiger partial charge in [0.1, 0.15) is 11.4 Å². The molecule has 1 N–H and O–H groups in total. The number of carbonyl (C=O) groups is 1. The van der Waals surface area contributed by atoms with Gasteiger partial charge in [-0.3, -0.25) is 4.79 Å². The van der Waals surface area contributed by atoms with Gasteiger partial charge >= 0.3 is 0 Å². The summed E-state index contributed by atoms with van der Waals surface area (Å²) in [7, 11) is 0. The second-order valence-corrected chi connectivity index (χ2v) is 6.69. The van der Waals surface area contributed by atoms with Gasteiger partial charge < -0.3 is 10.0 Å². The zero-order valence-electron chi connectivity index (χ0n) is 13.3. The Balaban J connectivity index is 1.74. The van der Waals surface area contributed by atoms with Gasteiger partial charge in [0.2, 0.25) is 5.91 Å². The minimum Gasteiger partial charge on any atom is -0.381 e. The van der Waals surface area contributed by atoms with Crippen LogP contribution in [0, 0.1) is 5.82 Å². The molecule has 1 saturated heterocycles. The molecule has 0 radical (unpaired) electrons. The van der Waals surface area contributed by atoms with Crippen LogP contribution in [0.1, 0.15) is 25.0 Å². The smallest absolute Gasteiger partial charge is 0.232 e. The topological polar surface area (TPSA) is 40.5 Å². The van der Waals surface area contributed by atoms with E-state index in [1.54, 1.807) is 17.0 Å². The van der Waals surface area contributed by atoms with E-state index in [-0.39, 0.29) is 24.8 Å². The van der Waals surface area contributed by atoms with Crippen LogP contribution in [-0.4, -0.2) is 29.0 Å². The molecule has 0 atom stereocenters. The highest BCUT2D eigenvalue weighted by atomic mass is 19.1. The van der Waals surface area contributed by atoms with Gasteiger partial charge in [0, 0.05) is 0 Å². The largest absolute Gasteiger partial charge is 0.381 e. The fourth-order valence-corrected chi connectivity index (χ4v) is 3.05. The second-order valence-electron chi connectivity index (χ2n) is 6.69. The molecule has 3 rings (SSSR count). The highest BCUT2D eigenvalue weighted by Crippen LogP contribution is 2.36. The maximum absolute atomic E-state index is 13.1. The molecule has 23 heavy (non-hydrogen) atoms. The number of benzene rings is 2. The normalized spacial score (nSPS) is 16.8. The highest BCUT2D eigenvalue weighted by Gasteiger charge is 2.48. The maximum atomic E-state index is 13.1. The summed E-state index contributed by atoms with van der Waals surface area (Å²) >= 11 is 0. The van der Waals surface area contributed by atoms with Gasteiger partial charge in [-0.25, -0.2) is 4.39 Å². The molecule has 3 nitrogen and oxygen atoms in total. The van der Waals surface area contributed by atoms with Crippen molar-refractivity contribution in [2.24, 2.45) is 0 Å². The van der Waals surface area contributed by atoms with Crippen LogP contribution in [0.5, 0.6) is 0 Å². The monoisotopic (exact) mass is 313 g/mol. The lowest BCUT2D eigenvalue weighted by Gasteiger charge is -2.49. The lowest BCUT2D eigenvalue weighted by molar-refractivity contribution is -0.162. The van der Waals surface area contributed by atoms with Gasteiger partial charge in [-0.05, 0) is 37.1 Å². The third-order valence-corrected chi connectivity index (χ3v) is 4.60. The van der Waals surface area contributed by atoms with Crippen LogP contribution < -0.4 is 0 Å². The van der Waals surface area contributed by atoms with Gasteiger partial charge in [-0.15, -0.1) is 0 Å².